The van der Waals surface area contributed by atoms with Gasteiger partial charge in [0.25, 0.3) is 5.56 Å². The average molecular weight is 540 g/mol. The van der Waals surface area contributed by atoms with Gasteiger partial charge in [-0.25, -0.2) is 14.6 Å². The van der Waals surface area contributed by atoms with Crippen LogP contribution in [0, 0.1) is 0 Å². The second kappa shape index (κ2) is 10.7. The number of alkyl carbamates (subject to hydrolysis) is 1. The molecule has 0 aliphatic carbocycles. The van der Waals surface area contributed by atoms with Crippen LogP contribution >= 0.6 is 11.6 Å². The van der Waals surface area contributed by atoms with E-state index in [1.54, 1.807) is 45.1 Å². The fourth-order valence-corrected chi connectivity index (χ4v) is 3.62. The summed E-state index contributed by atoms with van der Waals surface area (Å²) < 4.78 is 43.7. The lowest BCUT2D eigenvalue weighted by molar-refractivity contribution is -0.122. The molecule has 0 saturated heterocycles. The number of fused-ring (bicyclic) bond motifs is 1. The van der Waals surface area contributed by atoms with Gasteiger partial charge in [-0.3, -0.25) is 9.36 Å². The van der Waals surface area contributed by atoms with Crippen LogP contribution in [0.15, 0.2) is 47.3 Å². The average Bonchev–Trinajstić information content (AvgIpc) is 2.76. The third-order valence-corrected chi connectivity index (χ3v) is 5.12. The monoisotopic (exact) mass is 539 g/mol. The molecule has 1 aromatic heterocycles. The number of benzene rings is 2. The Morgan fingerprint density at radius 1 is 1.14 bits per heavy atom. The molecule has 9 nitrogen and oxygen atoms in total. The topological polar surface area (TPSA) is 114 Å². The van der Waals surface area contributed by atoms with Crippen LogP contribution in [-0.2, 0) is 4.74 Å². The molecule has 3 N–H and O–H groups in total. The minimum Gasteiger partial charge on any atom is -0.444 e. The van der Waals surface area contributed by atoms with Crippen molar-refractivity contribution in [3.05, 3.63) is 63.7 Å². The molecule has 1 heterocycles. The standard InChI is InChI=1S/C24H25ClF3N5O4/c1-13(30-22(36)37-23(2,3)4)19-32-17-10-6-9-16(25)18(17)20(34)33(19)15-8-5-7-14(11-15)31-21(35)29-12-24(26,27)28/h5-11,13H,12H2,1-4H3,(H,30,36)(H2,29,31,35)/t13-/m0/s1. The number of amides is 3. The minimum absolute atomic E-state index is 0.113. The smallest absolute Gasteiger partial charge is 0.408 e. The fourth-order valence-electron chi connectivity index (χ4n) is 3.37. The van der Waals surface area contributed by atoms with Gasteiger partial charge >= 0.3 is 18.3 Å². The molecular formula is C24H25ClF3N5O4. The first-order valence-electron chi connectivity index (χ1n) is 11.1. The number of alkyl halides is 3. The third kappa shape index (κ3) is 7.35. The second-order valence-corrected chi connectivity index (χ2v) is 9.49. The molecule has 3 rings (SSSR count). The molecule has 13 heteroatoms. The van der Waals surface area contributed by atoms with Crippen LogP contribution in [0.5, 0.6) is 0 Å². The number of nitrogens with one attached hydrogen (secondary N) is 3. The van der Waals surface area contributed by atoms with E-state index in [4.69, 9.17) is 16.3 Å². The van der Waals surface area contributed by atoms with Gasteiger partial charge in [-0.1, -0.05) is 23.7 Å². The normalized spacial score (nSPS) is 12.6. The van der Waals surface area contributed by atoms with Crippen molar-refractivity contribution in [2.45, 2.75) is 45.5 Å². The van der Waals surface area contributed by atoms with E-state index in [0.29, 0.717) is 5.52 Å². The number of anilines is 1. The summed E-state index contributed by atoms with van der Waals surface area (Å²) in [6, 6.07) is 8.69. The number of carbonyl (C=O) groups is 2. The fraction of sp³-hybridized carbons (Fsp3) is 0.333. The van der Waals surface area contributed by atoms with E-state index in [1.807, 2.05) is 0 Å². The van der Waals surface area contributed by atoms with Crippen LogP contribution in [-0.4, -0.2) is 40.0 Å². The highest BCUT2D eigenvalue weighted by Gasteiger charge is 2.28. The van der Waals surface area contributed by atoms with Gasteiger partial charge in [0, 0.05) is 5.69 Å². The Morgan fingerprint density at radius 3 is 2.46 bits per heavy atom. The van der Waals surface area contributed by atoms with E-state index >= 15 is 0 Å². The van der Waals surface area contributed by atoms with Crippen LogP contribution < -0.4 is 21.5 Å². The van der Waals surface area contributed by atoms with Gasteiger partial charge in [0.1, 0.15) is 18.0 Å². The first-order chi connectivity index (χ1) is 17.1. The molecule has 0 fully saturated rings. The van der Waals surface area contributed by atoms with Crippen molar-refractivity contribution >= 4 is 40.3 Å². The number of urea groups is 1. The molecule has 0 bridgehead atoms. The summed E-state index contributed by atoms with van der Waals surface area (Å²) in [5.41, 5.74) is -0.687. The van der Waals surface area contributed by atoms with Gasteiger partial charge in [0.15, 0.2) is 0 Å². The summed E-state index contributed by atoms with van der Waals surface area (Å²) in [5, 5.41) is 6.93. The number of rotatable bonds is 5. The molecule has 3 amide bonds. The van der Waals surface area contributed by atoms with Gasteiger partial charge < -0.3 is 20.7 Å². The van der Waals surface area contributed by atoms with Gasteiger partial charge in [0.2, 0.25) is 0 Å². The SMILES string of the molecule is C[C@H](NC(=O)OC(C)(C)C)c1nc2cccc(Cl)c2c(=O)n1-c1cccc(NC(=O)NCC(F)(F)F)c1. The Balaban J connectivity index is 2.05. The maximum absolute atomic E-state index is 13.6. The van der Waals surface area contributed by atoms with Crippen molar-refractivity contribution in [2.24, 2.45) is 0 Å². The van der Waals surface area contributed by atoms with E-state index in [-0.39, 0.29) is 27.6 Å². The maximum Gasteiger partial charge on any atom is 0.408 e. The molecule has 3 aromatic rings. The summed E-state index contributed by atoms with van der Waals surface area (Å²) in [6.45, 7) is 5.20. The number of hydrogen-bond acceptors (Lipinski definition) is 5. The molecule has 0 unspecified atom stereocenters. The Kier molecular flexibility index (Phi) is 8.01. The molecule has 2 aromatic carbocycles. The lowest BCUT2D eigenvalue weighted by Crippen LogP contribution is -2.37. The lowest BCUT2D eigenvalue weighted by Gasteiger charge is -2.23. The highest BCUT2D eigenvalue weighted by atomic mass is 35.5. The van der Waals surface area contributed by atoms with Crippen LogP contribution in [0.1, 0.15) is 39.6 Å². The third-order valence-electron chi connectivity index (χ3n) is 4.80. The van der Waals surface area contributed by atoms with Crippen molar-refractivity contribution in [1.29, 1.82) is 0 Å². The molecule has 37 heavy (non-hydrogen) atoms. The largest absolute Gasteiger partial charge is 0.444 e. The number of hydrogen-bond donors (Lipinski definition) is 3. The minimum atomic E-state index is -4.57. The zero-order valence-corrected chi connectivity index (χ0v) is 21.1. The number of carbonyl (C=O) groups excluding carboxylic acids is 2. The predicted octanol–water partition coefficient (Wildman–Crippen LogP) is 5.31. The zero-order valence-electron chi connectivity index (χ0n) is 20.4. The number of halogens is 4. The van der Waals surface area contributed by atoms with Gasteiger partial charge in [0.05, 0.1) is 27.7 Å². The lowest BCUT2D eigenvalue weighted by atomic mass is 10.2. The zero-order chi connectivity index (χ0) is 27.5. The van der Waals surface area contributed by atoms with Crippen molar-refractivity contribution in [3.63, 3.8) is 0 Å². The molecular weight excluding hydrogens is 515 g/mol. The summed E-state index contributed by atoms with van der Waals surface area (Å²) >= 11 is 6.28. The Morgan fingerprint density at radius 2 is 1.81 bits per heavy atom. The van der Waals surface area contributed by atoms with E-state index in [1.165, 1.54) is 34.9 Å². The summed E-state index contributed by atoms with van der Waals surface area (Å²) in [7, 11) is 0. The molecule has 0 radical (unpaired) electrons. The molecule has 0 saturated carbocycles. The number of ether oxygens (including phenoxy) is 1. The number of nitrogens with zero attached hydrogens (tertiary/aromatic N) is 2. The maximum atomic E-state index is 13.6. The first-order valence-corrected chi connectivity index (χ1v) is 11.4. The highest BCUT2D eigenvalue weighted by Crippen LogP contribution is 2.24. The molecule has 0 aliphatic rings. The van der Waals surface area contributed by atoms with Crippen LogP contribution in [0.2, 0.25) is 5.02 Å². The van der Waals surface area contributed by atoms with Gasteiger partial charge in [-0.2, -0.15) is 13.2 Å². The van der Waals surface area contributed by atoms with Crippen molar-refractivity contribution in [2.75, 3.05) is 11.9 Å². The van der Waals surface area contributed by atoms with Gasteiger partial charge in [-0.15, -0.1) is 0 Å². The molecule has 1 atom stereocenters. The first kappa shape index (κ1) is 27.8. The summed E-state index contributed by atoms with van der Waals surface area (Å²) in [5.74, 6) is 0.129. The summed E-state index contributed by atoms with van der Waals surface area (Å²) in [6.07, 6.45) is -5.31. The van der Waals surface area contributed by atoms with Crippen LogP contribution in [0.3, 0.4) is 0 Å². The van der Waals surface area contributed by atoms with Gasteiger partial charge in [-0.05, 0) is 58.0 Å². The number of aromatic nitrogens is 2. The Bertz CT molecular complexity index is 1390. The van der Waals surface area contributed by atoms with E-state index < -0.39 is 42.0 Å². The molecule has 0 aliphatic heterocycles. The van der Waals surface area contributed by atoms with Crippen molar-refractivity contribution < 1.29 is 27.5 Å². The summed E-state index contributed by atoms with van der Waals surface area (Å²) in [4.78, 5) is 42.5. The van der Waals surface area contributed by atoms with E-state index in [0.717, 1.165) is 0 Å². The van der Waals surface area contributed by atoms with E-state index in [2.05, 4.69) is 15.6 Å². The van der Waals surface area contributed by atoms with Crippen LogP contribution in [0.25, 0.3) is 16.6 Å². The van der Waals surface area contributed by atoms with E-state index in [9.17, 15) is 27.6 Å². The molecule has 198 valence electrons. The Labute approximate surface area is 215 Å². The van der Waals surface area contributed by atoms with Crippen LogP contribution in [0.4, 0.5) is 28.4 Å². The highest BCUT2D eigenvalue weighted by molar-refractivity contribution is 6.35. The predicted molar refractivity (Wildman–Crippen MR) is 133 cm³/mol. The molecule has 0 spiro atoms. The van der Waals surface area contributed by atoms with Crippen molar-refractivity contribution in [3.8, 4) is 5.69 Å². The second-order valence-electron chi connectivity index (χ2n) is 9.09. The quantitative estimate of drug-likeness (QED) is 0.406. The Hall–Kier alpha value is -3.80. The van der Waals surface area contributed by atoms with Crippen molar-refractivity contribution in [1.82, 2.24) is 20.2 Å².